The second-order valence-corrected chi connectivity index (χ2v) is 6.43. The van der Waals surface area contributed by atoms with E-state index in [9.17, 15) is 9.90 Å². The number of nitrogens with zero attached hydrogens (tertiary/aromatic N) is 1. The maximum Gasteiger partial charge on any atom is 0.258 e. The number of hydrogen-bond acceptors (Lipinski definition) is 3. The summed E-state index contributed by atoms with van der Waals surface area (Å²) in [7, 11) is 0. The van der Waals surface area contributed by atoms with E-state index in [1.807, 2.05) is 24.3 Å². The van der Waals surface area contributed by atoms with Crippen molar-refractivity contribution in [3.63, 3.8) is 0 Å². The highest BCUT2D eigenvalue weighted by Crippen LogP contribution is 2.29. The minimum absolute atomic E-state index is 0.0824. The average molecular weight is 321 g/mol. The van der Waals surface area contributed by atoms with E-state index in [1.165, 1.54) is 0 Å². The number of benzene rings is 2. The van der Waals surface area contributed by atoms with Gasteiger partial charge in [-0.3, -0.25) is 4.79 Å². The van der Waals surface area contributed by atoms with E-state index in [1.54, 1.807) is 22.8 Å². The highest BCUT2D eigenvalue weighted by atomic mass is 16.3. The zero-order chi connectivity index (χ0) is 17.3. The lowest BCUT2D eigenvalue weighted by Gasteiger charge is -2.14. The van der Waals surface area contributed by atoms with Gasteiger partial charge in [-0.1, -0.05) is 38.1 Å². The van der Waals surface area contributed by atoms with E-state index in [2.05, 4.69) is 20.0 Å². The third-order valence-corrected chi connectivity index (χ3v) is 4.02. The van der Waals surface area contributed by atoms with Gasteiger partial charge in [0.2, 0.25) is 0 Å². The molecule has 0 aliphatic carbocycles. The number of aromatic nitrogens is 1. The van der Waals surface area contributed by atoms with Crippen LogP contribution in [-0.2, 0) is 13.1 Å². The van der Waals surface area contributed by atoms with Crippen molar-refractivity contribution in [2.75, 3.05) is 0 Å². The summed E-state index contributed by atoms with van der Waals surface area (Å²) in [4.78, 5) is 12.7. The van der Waals surface area contributed by atoms with Crippen LogP contribution in [0.2, 0.25) is 0 Å². The highest BCUT2D eigenvalue weighted by molar-refractivity contribution is 5.96. The summed E-state index contributed by atoms with van der Waals surface area (Å²) in [6.45, 7) is 5.22. The number of fused-ring (bicyclic) bond motifs is 1. The quantitative estimate of drug-likeness (QED) is 0.775. The van der Waals surface area contributed by atoms with Crippen molar-refractivity contribution >= 4 is 10.8 Å². The number of rotatable bonds is 4. The summed E-state index contributed by atoms with van der Waals surface area (Å²) in [5.41, 5.74) is 8.38. The Bertz CT molecular complexity index is 925. The molecule has 123 valence electrons. The molecule has 0 aliphatic heterocycles. The van der Waals surface area contributed by atoms with Crippen molar-refractivity contribution in [3.8, 4) is 16.9 Å². The van der Waals surface area contributed by atoms with Crippen LogP contribution in [0, 0.1) is 12.1 Å². The van der Waals surface area contributed by atoms with Gasteiger partial charge in [-0.15, -0.1) is 0 Å². The van der Waals surface area contributed by atoms with Crippen LogP contribution in [0.4, 0.5) is 0 Å². The first-order chi connectivity index (χ1) is 11.5. The number of hydrogen-bond donors (Lipinski definition) is 2. The topological polar surface area (TPSA) is 68.2 Å². The summed E-state index contributed by atoms with van der Waals surface area (Å²) >= 11 is 0. The molecule has 4 heteroatoms. The fraction of sp³-hybridized carbons (Fsp3) is 0.250. The Morgan fingerprint density at radius 2 is 1.83 bits per heavy atom. The summed E-state index contributed by atoms with van der Waals surface area (Å²) in [6, 6.07) is 12.7. The van der Waals surface area contributed by atoms with Crippen LogP contribution in [-0.4, -0.2) is 9.67 Å². The highest BCUT2D eigenvalue weighted by Gasteiger charge is 2.13. The van der Waals surface area contributed by atoms with Crippen LogP contribution in [0.3, 0.4) is 0 Å². The lowest BCUT2D eigenvalue weighted by Crippen LogP contribution is -2.23. The zero-order valence-electron chi connectivity index (χ0n) is 13.9. The molecule has 3 rings (SSSR count). The van der Waals surface area contributed by atoms with Gasteiger partial charge < -0.3 is 15.4 Å². The van der Waals surface area contributed by atoms with E-state index in [-0.39, 0.29) is 11.3 Å². The predicted molar refractivity (Wildman–Crippen MR) is 96.9 cm³/mol. The summed E-state index contributed by atoms with van der Waals surface area (Å²) in [6.07, 6.45) is 3.23. The molecule has 3 N–H and O–H groups in total. The van der Waals surface area contributed by atoms with Gasteiger partial charge in [0.05, 0.1) is 6.20 Å². The third kappa shape index (κ3) is 3.05. The average Bonchev–Trinajstić information content (AvgIpc) is 2.57. The van der Waals surface area contributed by atoms with E-state index >= 15 is 0 Å². The zero-order valence-corrected chi connectivity index (χ0v) is 13.9. The molecule has 1 aromatic heterocycles. The number of aromatic hydroxyl groups is 1. The first-order valence-corrected chi connectivity index (χ1v) is 8.08. The van der Waals surface area contributed by atoms with Crippen molar-refractivity contribution in [3.05, 3.63) is 64.6 Å². The van der Waals surface area contributed by atoms with E-state index in [4.69, 9.17) is 5.73 Å². The molecule has 0 fully saturated rings. The van der Waals surface area contributed by atoms with Gasteiger partial charge in [0.1, 0.15) is 5.75 Å². The van der Waals surface area contributed by atoms with E-state index in [0.29, 0.717) is 29.8 Å². The molecule has 1 radical (unpaired) electrons. The molecule has 0 saturated carbocycles. The van der Waals surface area contributed by atoms with Crippen LogP contribution in [0.5, 0.6) is 5.75 Å². The van der Waals surface area contributed by atoms with Crippen LogP contribution in [0.15, 0.2) is 47.3 Å². The molecule has 2 aromatic carbocycles. The second kappa shape index (κ2) is 6.49. The Balaban J connectivity index is 2.29. The van der Waals surface area contributed by atoms with Gasteiger partial charge in [0.25, 0.3) is 5.56 Å². The Morgan fingerprint density at radius 1 is 1.12 bits per heavy atom. The maximum absolute atomic E-state index is 12.7. The predicted octanol–water partition coefficient (Wildman–Crippen LogP) is 3.29. The van der Waals surface area contributed by atoms with Crippen molar-refractivity contribution in [2.45, 2.75) is 26.9 Å². The third-order valence-electron chi connectivity index (χ3n) is 4.02. The molecule has 0 unspecified atom stereocenters. The monoisotopic (exact) mass is 321 g/mol. The van der Waals surface area contributed by atoms with E-state index < -0.39 is 0 Å². The normalized spacial score (nSPS) is 11.3. The Kier molecular flexibility index (Phi) is 4.40. The SMILES string of the molecule is CC(C)Cn1[c]c(-c2ccc(CN)cc2)c2cc(O)ccc2c1=O. The molecule has 0 amide bonds. The first kappa shape index (κ1) is 16.3. The minimum Gasteiger partial charge on any atom is -0.508 e. The van der Waals surface area contributed by atoms with Crippen LogP contribution in [0.25, 0.3) is 21.9 Å². The molecule has 3 aromatic rings. The first-order valence-electron chi connectivity index (χ1n) is 8.08. The Hall–Kier alpha value is -2.59. The molecule has 0 spiro atoms. The molecular weight excluding hydrogens is 300 g/mol. The standard InChI is InChI=1S/C20H21N2O2/c1-13(2)11-22-12-19(15-5-3-14(10-21)4-6-15)18-9-16(23)7-8-17(18)20(22)24/h3-9,13,23H,10-11,21H2,1-2H3. The van der Waals surface area contributed by atoms with Crippen molar-refractivity contribution in [1.82, 2.24) is 4.57 Å². The van der Waals surface area contributed by atoms with E-state index in [0.717, 1.165) is 16.7 Å². The van der Waals surface area contributed by atoms with Gasteiger partial charge >= 0.3 is 0 Å². The van der Waals surface area contributed by atoms with Gasteiger partial charge in [-0.05, 0) is 35.2 Å². The molecule has 1 heterocycles. The van der Waals surface area contributed by atoms with Crippen LogP contribution < -0.4 is 11.3 Å². The molecular formula is C20H21N2O2. The maximum atomic E-state index is 12.7. The van der Waals surface area contributed by atoms with Crippen LogP contribution >= 0.6 is 0 Å². The van der Waals surface area contributed by atoms with Gasteiger partial charge in [-0.2, -0.15) is 0 Å². The van der Waals surface area contributed by atoms with Crippen molar-refractivity contribution in [2.24, 2.45) is 11.7 Å². The fourth-order valence-electron chi connectivity index (χ4n) is 2.84. The largest absolute Gasteiger partial charge is 0.508 e. The van der Waals surface area contributed by atoms with Gasteiger partial charge in [0.15, 0.2) is 0 Å². The summed E-state index contributed by atoms with van der Waals surface area (Å²) < 4.78 is 1.64. The van der Waals surface area contributed by atoms with Gasteiger partial charge in [0, 0.05) is 29.4 Å². The van der Waals surface area contributed by atoms with Crippen molar-refractivity contribution in [1.29, 1.82) is 0 Å². The molecule has 0 bridgehead atoms. The fourth-order valence-corrected chi connectivity index (χ4v) is 2.84. The molecule has 0 saturated heterocycles. The number of phenols is 1. The molecule has 0 atom stereocenters. The summed E-state index contributed by atoms with van der Waals surface area (Å²) in [5, 5.41) is 11.1. The smallest absolute Gasteiger partial charge is 0.258 e. The lowest BCUT2D eigenvalue weighted by atomic mass is 9.99. The number of nitrogens with two attached hydrogens (primary N) is 1. The summed E-state index contributed by atoms with van der Waals surface area (Å²) in [5.74, 6) is 0.470. The number of pyridine rings is 1. The van der Waals surface area contributed by atoms with Crippen LogP contribution in [0.1, 0.15) is 19.4 Å². The van der Waals surface area contributed by atoms with Crippen molar-refractivity contribution < 1.29 is 5.11 Å². The Labute approximate surface area is 141 Å². The van der Waals surface area contributed by atoms with Gasteiger partial charge in [-0.25, -0.2) is 0 Å². The number of phenolic OH excluding ortho intramolecular Hbond substituents is 1. The lowest BCUT2D eigenvalue weighted by molar-refractivity contribution is 0.476. The molecule has 4 nitrogen and oxygen atoms in total. The molecule has 0 aliphatic rings. The minimum atomic E-state index is -0.0824. The Morgan fingerprint density at radius 3 is 2.46 bits per heavy atom. The molecule has 24 heavy (non-hydrogen) atoms. The second-order valence-electron chi connectivity index (χ2n) is 6.43.